The first-order valence-corrected chi connectivity index (χ1v) is 15.8. The van der Waals surface area contributed by atoms with Crippen molar-refractivity contribution in [1.82, 2.24) is 5.32 Å². The molecule has 0 aromatic rings. The van der Waals surface area contributed by atoms with Gasteiger partial charge in [0.25, 0.3) is 0 Å². The number of amides is 1. The number of fused-ring (bicyclic) bond motifs is 7. The summed E-state index contributed by atoms with van der Waals surface area (Å²) in [4.78, 5) is 22.9. The van der Waals surface area contributed by atoms with Crippen molar-refractivity contribution in [2.45, 2.75) is 109 Å². The Labute approximate surface area is 237 Å². The normalized spacial score (nSPS) is 44.3. The molecule has 1 heterocycles. The molecule has 10 atom stereocenters. The first kappa shape index (κ1) is 27.5. The monoisotopic (exact) mass is 623 g/mol. The second-order valence-corrected chi connectivity index (χ2v) is 15.1. The standard InChI is InChI=1S/C31H46INO4/c1-17(13-22(32)16-33-19(3)34)29-18(2)28-27(37-29)15-26-24-8-7-21-14-23(36-20(4)35)9-11-30(21,5)25(24)10-12-31(26,28)6/h7,18,22-28H,8-16H2,1-6H3,(H,33,34)/b29-17-. The van der Waals surface area contributed by atoms with Gasteiger partial charge in [0.05, 0.1) is 5.76 Å². The zero-order valence-electron chi connectivity index (χ0n) is 23.6. The molecule has 1 saturated heterocycles. The fraction of sp³-hybridized carbons (Fsp3) is 0.806. The Hall–Kier alpha value is -1.05. The molecule has 5 nitrogen and oxygen atoms in total. The second-order valence-electron chi connectivity index (χ2n) is 13.4. The smallest absolute Gasteiger partial charge is 0.302 e. The molecule has 0 aromatic heterocycles. The fourth-order valence-electron chi connectivity index (χ4n) is 9.69. The van der Waals surface area contributed by atoms with Gasteiger partial charge in [-0.1, -0.05) is 55.0 Å². The summed E-state index contributed by atoms with van der Waals surface area (Å²) >= 11 is 2.46. The largest absolute Gasteiger partial charge is 0.494 e. The number of carbonyl (C=O) groups excluding carboxylic acids is 2. The van der Waals surface area contributed by atoms with E-state index < -0.39 is 0 Å². The van der Waals surface area contributed by atoms with Gasteiger partial charge in [0.1, 0.15) is 12.2 Å². The van der Waals surface area contributed by atoms with Crippen LogP contribution in [-0.2, 0) is 19.1 Å². The molecule has 206 valence electrons. The fourth-order valence-corrected chi connectivity index (χ4v) is 10.6. The molecular weight excluding hydrogens is 577 g/mol. The average Bonchev–Trinajstić information content (AvgIpc) is 3.31. The highest BCUT2D eigenvalue weighted by Crippen LogP contribution is 2.69. The highest BCUT2D eigenvalue weighted by Gasteiger charge is 2.65. The zero-order chi connectivity index (χ0) is 26.7. The van der Waals surface area contributed by atoms with E-state index in [1.807, 2.05) is 0 Å². The Bertz CT molecular complexity index is 1010. The Morgan fingerprint density at radius 1 is 1.19 bits per heavy atom. The number of alkyl halides is 1. The minimum atomic E-state index is -0.145. The van der Waals surface area contributed by atoms with Crippen LogP contribution in [-0.4, -0.2) is 34.6 Å². The number of nitrogens with one attached hydrogen (secondary N) is 1. The first-order chi connectivity index (χ1) is 17.4. The van der Waals surface area contributed by atoms with E-state index in [2.05, 4.69) is 61.7 Å². The highest BCUT2D eigenvalue weighted by atomic mass is 127. The molecule has 0 radical (unpaired) electrons. The third-order valence-corrected chi connectivity index (χ3v) is 12.1. The van der Waals surface area contributed by atoms with Gasteiger partial charge in [-0.15, -0.1) is 0 Å². The van der Waals surface area contributed by atoms with Crippen LogP contribution in [0.15, 0.2) is 23.0 Å². The summed E-state index contributed by atoms with van der Waals surface area (Å²) in [5.41, 5.74) is 3.52. The first-order valence-electron chi connectivity index (χ1n) is 14.6. The van der Waals surface area contributed by atoms with Crippen LogP contribution in [0.1, 0.15) is 92.9 Å². The van der Waals surface area contributed by atoms with E-state index in [0.717, 1.165) is 43.4 Å². The van der Waals surface area contributed by atoms with Crippen LogP contribution < -0.4 is 5.32 Å². The molecule has 0 bridgehead atoms. The van der Waals surface area contributed by atoms with Crippen molar-refractivity contribution >= 4 is 34.5 Å². The molecule has 3 saturated carbocycles. The van der Waals surface area contributed by atoms with E-state index in [1.54, 1.807) is 12.5 Å². The number of rotatable bonds is 5. The predicted molar refractivity (Wildman–Crippen MR) is 154 cm³/mol. The van der Waals surface area contributed by atoms with Gasteiger partial charge in [0.15, 0.2) is 0 Å². The molecular formula is C31H46INO4. The Kier molecular flexibility index (Phi) is 7.56. The molecule has 1 N–H and O–H groups in total. The van der Waals surface area contributed by atoms with Crippen LogP contribution in [0, 0.1) is 40.4 Å². The summed E-state index contributed by atoms with van der Waals surface area (Å²) in [6.07, 6.45) is 12.0. The Morgan fingerprint density at radius 3 is 2.65 bits per heavy atom. The van der Waals surface area contributed by atoms with Crippen molar-refractivity contribution in [1.29, 1.82) is 0 Å². The molecule has 1 amide bonds. The molecule has 5 aliphatic rings. The van der Waals surface area contributed by atoms with Crippen LogP contribution >= 0.6 is 22.6 Å². The van der Waals surface area contributed by atoms with Crippen LogP contribution in [0.5, 0.6) is 0 Å². The Morgan fingerprint density at radius 2 is 1.95 bits per heavy atom. The van der Waals surface area contributed by atoms with Gasteiger partial charge in [-0.3, -0.25) is 9.59 Å². The SMILES string of the molecule is CC(=O)NCC(I)C/C(C)=C1\OC2CC3C4CC=C5CC(OC(C)=O)CCC5(C)C4CCC3(C)C2C1C. The number of halogens is 1. The third kappa shape index (κ3) is 4.80. The quantitative estimate of drug-likeness (QED) is 0.159. The second kappa shape index (κ2) is 10.2. The maximum absolute atomic E-state index is 11.6. The average molecular weight is 624 g/mol. The number of hydrogen-bond acceptors (Lipinski definition) is 4. The number of allylic oxidation sites excluding steroid dienone is 3. The van der Waals surface area contributed by atoms with Gasteiger partial charge in [-0.05, 0) is 86.0 Å². The summed E-state index contributed by atoms with van der Waals surface area (Å²) in [7, 11) is 0. The van der Waals surface area contributed by atoms with Crippen LogP contribution in [0.2, 0.25) is 0 Å². The lowest BCUT2D eigenvalue weighted by molar-refractivity contribution is -0.148. The van der Waals surface area contributed by atoms with Crippen molar-refractivity contribution < 1.29 is 19.1 Å². The summed E-state index contributed by atoms with van der Waals surface area (Å²) in [6.45, 7) is 13.6. The van der Waals surface area contributed by atoms with Gasteiger partial charge in [-0.2, -0.15) is 0 Å². The van der Waals surface area contributed by atoms with Gasteiger partial charge in [-0.25, -0.2) is 0 Å². The van der Waals surface area contributed by atoms with Crippen molar-refractivity contribution in [3.63, 3.8) is 0 Å². The maximum Gasteiger partial charge on any atom is 0.302 e. The lowest BCUT2D eigenvalue weighted by Crippen LogP contribution is -2.51. The highest BCUT2D eigenvalue weighted by molar-refractivity contribution is 14.1. The van der Waals surface area contributed by atoms with Crippen LogP contribution in [0.25, 0.3) is 0 Å². The van der Waals surface area contributed by atoms with Gasteiger partial charge in [0.2, 0.25) is 5.91 Å². The van der Waals surface area contributed by atoms with E-state index in [9.17, 15) is 9.59 Å². The summed E-state index contributed by atoms with van der Waals surface area (Å²) in [6, 6.07) is 0. The van der Waals surface area contributed by atoms with E-state index in [0.29, 0.717) is 33.8 Å². The van der Waals surface area contributed by atoms with Gasteiger partial charge >= 0.3 is 5.97 Å². The number of esters is 1. The van der Waals surface area contributed by atoms with Crippen molar-refractivity contribution in [3.8, 4) is 0 Å². The summed E-state index contributed by atoms with van der Waals surface area (Å²) in [5, 5.41) is 2.96. The minimum absolute atomic E-state index is 0.0394. The summed E-state index contributed by atoms with van der Waals surface area (Å²) in [5.74, 6) is 4.40. The molecule has 37 heavy (non-hydrogen) atoms. The molecule has 0 spiro atoms. The minimum Gasteiger partial charge on any atom is -0.494 e. The summed E-state index contributed by atoms with van der Waals surface area (Å²) < 4.78 is 12.8. The van der Waals surface area contributed by atoms with Crippen LogP contribution in [0.3, 0.4) is 0 Å². The van der Waals surface area contributed by atoms with E-state index in [-0.39, 0.29) is 23.4 Å². The lowest BCUT2D eigenvalue weighted by Gasteiger charge is -2.58. The lowest BCUT2D eigenvalue weighted by atomic mass is 9.47. The van der Waals surface area contributed by atoms with Crippen LogP contribution in [0.4, 0.5) is 0 Å². The van der Waals surface area contributed by atoms with Crippen molar-refractivity contribution in [2.24, 2.45) is 40.4 Å². The topological polar surface area (TPSA) is 64.6 Å². The van der Waals surface area contributed by atoms with E-state index in [1.165, 1.54) is 43.9 Å². The molecule has 10 unspecified atom stereocenters. The molecule has 1 aliphatic heterocycles. The number of carbonyl (C=O) groups is 2. The Balaban J connectivity index is 1.31. The van der Waals surface area contributed by atoms with Gasteiger partial charge < -0.3 is 14.8 Å². The maximum atomic E-state index is 11.6. The van der Waals surface area contributed by atoms with Crippen molar-refractivity contribution in [2.75, 3.05) is 6.54 Å². The van der Waals surface area contributed by atoms with Gasteiger partial charge in [0, 0.05) is 42.6 Å². The molecule has 4 fully saturated rings. The molecule has 5 rings (SSSR count). The molecule has 6 heteroatoms. The van der Waals surface area contributed by atoms with E-state index >= 15 is 0 Å². The van der Waals surface area contributed by atoms with E-state index in [4.69, 9.17) is 9.47 Å². The third-order valence-electron chi connectivity index (χ3n) is 11.2. The van der Waals surface area contributed by atoms with Crippen molar-refractivity contribution in [3.05, 3.63) is 23.0 Å². The predicted octanol–water partition coefficient (Wildman–Crippen LogP) is 6.75. The molecule has 4 aliphatic carbocycles. The molecule has 0 aromatic carbocycles. The number of ether oxygens (including phenoxy) is 2. The zero-order valence-corrected chi connectivity index (χ0v) is 25.7. The number of hydrogen-bond donors (Lipinski definition) is 1.